The number of amides is 1. The Bertz CT molecular complexity index is 606. The fourth-order valence-electron chi connectivity index (χ4n) is 1.48. The molecule has 2 rings (SSSR count). The Labute approximate surface area is 123 Å². The Morgan fingerprint density at radius 3 is 2.74 bits per heavy atom. The van der Waals surface area contributed by atoms with Crippen molar-refractivity contribution in [3.8, 4) is 0 Å². The Kier molecular flexibility index (Phi) is 3.96. The molecule has 0 saturated carbocycles. The fraction of sp³-hybridized carbons (Fsp3) is 0.333. The third-order valence-electron chi connectivity index (χ3n) is 2.36. The lowest BCUT2D eigenvalue weighted by Crippen LogP contribution is -2.20. The minimum Gasteiger partial charge on any atom is -0.306 e. The summed E-state index contributed by atoms with van der Waals surface area (Å²) in [6, 6.07) is 5.33. The van der Waals surface area contributed by atoms with E-state index in [-0.39, 0.29) is 11.3 Å². The van der Waals surface area contributed by atoms with Crippen molar-refractivity contribution in [2.45, 2.75) is 26.2 Å². The predicted molar refractivity (Wildman–Crippen MR) is 78.5 cm³/mol. The maximum atomic E-state index is 12.2. The molecule has 100 valence electrons. The monoisotopic (exact) mass is 340 g/mol. The summed E-state index contributed by atoms with van der Waals surface area (Å²) in [5.74, 6) is 0.262. The first-order valence-electron chi connectivity index (χ1n) is 5.64. The summed E-state index contributed by atoms with van der Waals surface area (Å²) in [7, 11) is 0. The predicted octanol–water partition coefficient (Wildman–Crippen LogP) is 3.25. The molecular weight excluding hydrogens is 328 g/mol. The first kappa shape index (κ1) is 14.1. The van der Waals surface area contributed by atoms with Crippen LogP contribution in [-0.4, -0.2) is 20.5 Å². The molecule has 2 aromatic rings. The molecule has 0 fully saturated rings. The number of carbonyl (C=O) groups is 1. The van der Waals surface area contributed by atoms with Crippen LogP contribution < -0.4 is 5.32 Å². The second-order valence-corrected chi connectivity index (χ2v) is 6.57. The van der Waals surface area contributed by atoms with Crippen molar-refractivity contribution in [3.63, 3.8) is 0 Å². The lowest BCUT2D eigenvalue weighted by atomic mass is 9.91. The molecule has 0 spiro atoms. The van der Waals surface area contributed by atoms with Crippen LogP contribution in [0.2, 0.25) is 0 Å². The molecule has 2 heterocycles. The number of aromatic nitrogens is 3. The topological polar surface area (TPSA) is 67.8 Å². The van der Waals surface area contributed by atoms with Crippen LogP contribution in [0.15, 0.2) is 22.8 Å². The number of halogens is 1. The van der Waals surface area contributed by atoms with Crippen LogP contribution in [-0.2, 0) is 5.41 Å². The highest BCUT2D eigenvalue weighted by atomic mass is 79.9. The summed E-state index contributed by atoms with van der Waals surface area (Å²) in [5, 5.41) is 6.79. The second kappa shape index (κ2) is 5.34. The average Bonchev–Trinajstić information content (AvgIpc) is 2.77. The minimum atomic E-state index is -0.231. The van der Waals surface area contributed by atoms with Gasteiger partial charge in [0.15, 0.2) is 0 Å². The van der Waals surface area contributed by atoms with Crippen molar-refractivity contribution in [2.75, 3.05) is 5.32 Å². The van der Waals surface area contributed by atoms with E-state index in [2.05, 4.69) is 35.8 Å². The van der Waals surface area contributed by atoms with Gasteiger partial charge in [0.05, 0.1) is 5.69 Å². The van der Waals surface area contributed by atoms with Gasteiger partial charge in [-0.15, -0.1) is 5.10 Å². The van der Waals surface area contributed by atoms with Crippen LogP contribution in [0, 0.1) is 0 Å². The van der Waals surface area contributed by atoms with E-state index in [0.29, 0.717) is 21.0 Å². The third kappa shape index (κ3) is 3.36. The SMILES string of the molecule is CC(C)(C)c1nnsc1C(=O)Nc1cccc(Br)n1. The van der Waals surface area contributed by atoms with Crippen LogP contribution >= 0.6 is 27.5 Å². The zero-order chi connectivity index (χ0) is 14.0. The smallest absolute Gasteiger partial charge is 0.270 e. The maximum absolute atomic E-state index is 12.2. The first-order valence-corrected chi connectivity index (χ1v) is 7.21. The number of hydrogen-bond donors (Lipinski definition) is 1. The minimum absolute atomic E-state index is 0.218. The molecule has 0 unspecified atom stereocenters. The van der Waals surface area contributed by atoms with Crippen LogP contribution in [0.5, 0.6) is 0 Å². The van der Waals surface area contributed by atoms with Gasteiger partial charge in [0.25, 0.3) is 5.91 Å². The van der Waals surface area contributed by atoms with Gasteiger partial charge >= 0.3 is 0 Å². The quantitative estimate of drug-likeness (QED) is 0.852. The zero-order valence-electron chi connectivity index (χ0n) is 10.8. The zero-order valence-corrected chi connectivity index (χ0v) is 13.2. The number of nitrogens with one attached hydrogen (secondary N) is 1. The van der Waals surface area contributed by atoms with Crippen molar-refractivity contribution in [2.24, 2.45) is 0 Å². The fourth-order valence-corrected chi connectivity index (χ4v) is 2.60. The highest BCUT2D eigenvalue weighted by molar-refractivity contribution is 9.10. The lowest BCUT2D eigenvalue weighted by Gasteiger charge is -2.16. The molecule has 0 radical (unpaired) electrons. The van der Waals surface area contributed by atoms with Gasteiger partial charge in [-0.05, 0) is 39.6 Å². The molecule has 2 aromatic heterocycles. The van der Waals surface area contributed by atoms with E-state index in [1.165, 1.54) is 0 Å². The summed E-state index contributed by atoms with van der Waals surface area (Å²) in [4.78, 5) is 16.9. The van der Waals surface area contributed by atoms with Crippen molar-refractivity contribution in [3.05, 3.63) is 33.4 Å². The number of anilines is 1. The summed E-state index contributed by atoms with van der Waals surface area (Å²) in [6.45, 7) is 5.99. The largest absolute Gasteiger partial charge is 0.306 e. The van der Waals surface area contributed by atoms with E-state index < -0.39 is 0 Å². The van der Waals surface area contributed by atoms with E-state index in [9.17, 15) is 4.79 Å². The van der Waals surface area contributed by atoms with Gasteiger partial charge in [0.1, 0.15) is 15.3 Å². The summed E-state index contributed by atoms with van der Waals surface area (Å²) < 4.78 is 4.54. The van der Waals surface area contributed by atoms with E-state index in [4.69, 9.17) is 0 Å². The van der Waals surface area contributed by atoms with Gasteiger partial charge < -0.3 is 5.32 Å². The second-order valence-electron chi connectivity index (χ2n) is 5.00. The Balaban J connectivity index is 2.24. The van der Waals surface area contributed by atoms with Gasteiger partial charge in [0.2, 0.25) is 0 Å². The molecule has 0 aliphatic rings. The maximum Gasteiger partial charge on any atom is 0.270 e. The summed E-state index contributed by atoms with van der Waals surface area (Å²) >= 11 is 4.36. The average molecular weight is 341 g/mol. The van der Waals surface area contributed by atoms with Crippen molar-refractivity contribution in [1.29, 1.82) is 0 Å². The molecule has 0 atom stereocenters. The highest BCUT2D eigenvalue weighted by Gasteiger charge is 2.26. The number of carbonyl (C=O) groups excluding carboxylic acids is 1. The molecule has 0 aliphatic heterocycles. The van der Waals surface area contributed by atoms with Crippen molar-refractivity contribution in [1.82, 2.24) is 14.6 Å². The molecule has 0 bridgehead atoms. The normalized spacial score (nSPS) is 11.4. The van der Waals surface area contributed by atoms with E-state index in [1.807, 2.05) is 26.8 Å². The Morgan fingerprint density at radius 2 is 2.11 bits per heavy atom. The molecule has 1 N–H and O–H groups in total. The lowest BCUT2D eigenvalue weighted by molar-refractivity contribution is 0.102. The first-order chi connectivity index (χ1) is 8.88. The standard InChI is InChI=1S/C12H13BrN4OS/c1-12(2,3)10-9(19-17-16-10)11(18)15-8-6-4-5-7(13)14-8/h4-6H,1-3H3,(H,14,15,18). The van der Waals surface area contributed by atoms with Gasteiger partial charge in [-0.1, -0.05) is 31.3 Å². The van der Waals surface area contributed by atoms with E-state index in [0.717, 1.165) is 11.5 Å². The van der Waals surface area contributed by atoms with Gasteiger partial charge in [-0.3, -0.25) is 4.79 Å². The van der Waals surface area contributed by atoms with Gasteiger partial charge in [0, 0.05) is 5.41 Å². The van der Waals surface area contributed by atoms with Gasteiger partial charge in [-0.2, -0.15) is 0 Å². The van der Waals surface area contributed by atoms with Crippen LogP contribution in [0.4, 0.5) is 5.82 Å². The van der Waals surface area contributed by atoms with Crippen LogP contribution in [0.1, 0.15) is 36.1 Å². The molecule has 0 aliphatic carbocycles. The Morgan fingerprint density at radius 1 is 1.37 bits per heavy atom. The number of hydrogen-bond acceptors (Lipinski definition) is 5. The summed E-state index contributed by atoms with van der Waals surface area (Å²) in [5.41, 5.74) is 0.481. The number of rotatable bonds is 2. The highest BCUT2D eigenvalue weighted by Crippen LogP contribution is 2.26. The van der Waals surface area contributed by atoms with Crippen LogP contribution in [0.25, 0.3) is 0 Å². The van der Waals surface area contributed by atoms with E-state index >= 15 is 0 Å². The third-order valence-corrected chi connectivity index (χ3v) is 3.53. The van der Waals surface area contributed by atoms with Crippen LogP contribution in [0.3, 0.4) is 0 Å². The van der Waals surface area contributed by atoms with Gasteiger partial charge in [-0.25, -0.2) is 4.98 Å². The molecule has 0 aromatic carbocycles. The molecule has 0 saturated heterocycles. The molecule has 7 heteroatoms. The number of nitrogens with zero attached hydrogens (tertiary/aromatic N) is 3. The summed E-state index contributed by atoms with van der Waals surface area (Å²) in [6.07, 6.45) is 0. The van der Waals surface area contributed by atoms with Crippen molar-refractivity contribution >= 4 is 39.2 Å². The molecule has 5 nitrogen and oxygen atoms in total. The molecular formula is C12H13BrN4OS. The molecule has 1 amide bonds. The molecule has 19 heavy (non-hydrogen) atoms. The van der Waals surface area contributed by atoms with E-state index in [1.54, 1.807) is 12.1 Å². The Hall–Kier alpha value is -1.34. The van der Waals surface area contributed by atoms with Crippen molar-refractivity contribution < 1.29 is 4.79 Å². The number of pyridine rings is 1.